The van der Waals surface area contributed by atoms with Gasteiger partial charge in [-0.1, -0.05) is 50.4 Å². The first-order valence-electron chi connectivity index (χ1n) is 22.0. The average Bonchev–Trinajstić information content (AvgIpc) is 3.97. The predicted octanol–water partition coefficient (Wildman–Crippen LogP) is 9.51. The summed E-state index contributed by atoms with van der Waals surface area (Å²) in [4.78, 5) is 45.1. The number of para-hydroxylation sites is 2. The molecule has 69 heavy (non-hydrogen) atoms. The zero-order chi connectivity index (χ0) is 46.9. The molecule has 0 saturated carbocycles. The first-order chi connectivity index (χ1) is 32.7. The molecule has 16 nitrogen and oxygen atoms in total. The van der Waals surface area contributed by atoms with Crippen LogP contribution in [0.15, 0.2) is 141 Å². The van der Waals surface area contributed by atoms with Gasteiger partial charge in [0.25, 0.3) is 0 Å². The summed E-state index contributed by atoms with van der Waals surface area (Å²) in [6.07, 6.45) is 7.89. The van der Waals surface area contributed by atoms with Crippen molar-refractivity contribution in [1.29, 1.82) is 0 Å². The molecule has 8 aromatic rings. The van der Waals surface area contributed by atoms with E-state index in [1.807, 2.05) is 123 Å². The maximum atomic E-state index is 12.2. The number of rotatable bonds is 9. The van der Waals surface area contributed by atoms with Crippen LogP contribution in [0.25, 0.3) is 44.6 Å². The number of piperidine rings is 2. The van der Waals surface area contributed by atoms with Gasteiger partial charge < -0.3 is 37.3 Å². The fourth-order valence-electron chi connectivity index (χ4n) is 8.44. The minimum atomic E-state index is -0.0699. The van der Waals surface area contributed by atoms with Crippen LogP contribution in [-0.2, 0) is 42.3 Å². The van der Waals surface area contributed by atoms with Crippen molar-refractivity contribution >= 4 is 45.5 Å². The minimum Gasteiger partial charge on any atom is -0.521 e. The number of nitrogens with two attached hydrogens (primary N) is 2. The topological polar surface area (TPSA) is 198 Å². The summed E-state index contributed by atoms with van der Waals surface area (Å²) in [7, 11) is 0. The van der Waals surface area contributed by atoms with E-state index in [2.05, 4.69) is 39.7 Å². The zero-order valence-corrected chi connectivity index (χ0v) is 40.6. The number of fused-ring (bicyclic) bond motifs is 2. The van der Waals surface area contributed by atoms with Gasteiger partial charge in [-0.25, -0.2) is 29.3 Å². The van der Waals surface area contributed by atoms with Crippen molar-refractivity contribution in [3.8, 4) is 45.5 Å². The maximum absolute atomic E-state index is 12.2. The van der Waals surface area contributed by atoms with Crippen molar-refractivity contribution in [3.05, 3.63) is 148 Å². The summed E-state index contributed by atoms with van der Waals surface area (Å²) < 4.78 is 15.6. The van der Waals surface area contributed by atoms with Crippen LogP contribution in [0.2, 0.25) is 0 Å². The first-order valence-corrected chi connectivity index (χ1v) is 22.0. The van der Waals surface area contributed by atoms with Crippen molar-refractivity contribution in [3.63, 3.8) is 0 Å². The molecule has 351 valence electrons. The molecule has 2 aliphatic rings. The van der Waals surface area contributed by atoms with E-state index in [4.69, 9.17) is 31.1 Å². The van der Waals surface area contributed by atoms with Gasteiger partial charge in [-0.05, 0) is 105 Å². The molecular weight excluding hydrogens is 946 g/mol. The molecular formula is C52H55N12O4Y-. The Bertz CT molecular complexity index is 2980. The Labute approximate surface area is 427 Å². The number of anilines is 2. The Hall–Kier alpha value is -7.30. The number of nitrogen functional groups attached to an aromatic ring is 2. The molecule has 0 aliphatic carbocycles. The molecule has 4 aromatic heterocycles. The Kier molecular flexibility index (Phi) is 17.5. The standard InChI is InChI=1S/C25H24N6O2.C24H24N6O2.C2H3.CH4.Y/c1-2-21(32)30-14-6-7-18(15-30)31-25-22(24(26)27-16-28-25)23(29-31)17-10-12-20(13-11-17)33-19-8-4-3-5-9-19;1-16(31)29-13-5-6-18(14-29)30-24-21(23(25)26-15-27-24)22(28-30)17-9-11-20(12-10-17)32-19-7-3-2-4-8-19;1-2;;/h2-5,8-13,16,18H,1,6-7,14-15H2,(H2,26,27,28);2-4,7-12,15,18H,5-6,13-14H2,1H3,(H2,25,26,27);1H,2H2;1H4;/q;;-1;;/t2*18-;;;/m11.../s1. The first kappa shape index (κ1) is 51.1. The van der Waals surface area contributed by atoms with Crippen molar-refractivity contribution in [1.82, 2.24) is 49.3 Å². The SMILES string of the molecule is C.C=CC(=O)N1CCC[C@@H](n2nc(-c3ccc(Oc4ccccc4)cc3)c3c(N)ncnc32)C1.CC(=O)N1CCC[C@@H](n2nc(-c3ccc(Oc4ccccc4)cc3)c3c(N)ncnc32)C1.[CH-]=C.[Y]. The molecule has 17 heteroatoms. The normalized spacial score (nSPS) is 15.3. The van der Waals surface area contributed by atoms with Crippen LogP contribution in [0.3, 0.4) is 0 Å². The molecule has 2 fully saturated rings. The quantitative estimate of drug-likeness (QED) is 0.103. The third-order valence-electron chi connectivity index (χ3n) is 11.7. The van der Waals surface area contributed by atoms with Gasteiger partial charge >= 0.3 is 0 Å². The maximum Gasteiger partial charge on any atom is 0.246 e. The van der Waals surface area contributed by atoms with Gasteiger partial charge in [0.05, 0.1) is 22.9 Å². The fourth-order valence-corrected chi connectivity index (χ4v) is 8.44. The third kappa shape index (κ3) is 11.5. The molecule has 2 aliphatic heterocycles. The van der Waals surface area contributed by atoms with Crippen molar-refractivity contribution in [2.75, 3.05) is 37.6 Å². The van der Waals surface area contributed by atoms with E-state index in [0.717, 1.165) is 77.4 Å². The van der Waals surface area contributed by atoms with Gasteiger partial charge in [0.15, 0.2) is 11.3 Å². The predicted molar refractivity (Wildman–Crippen MR) is 266 cm³/mol. The molecule has 2 saturated heterocycles. The van der Waals surface area contributed by atoms with Gasteiger partial charge in [-0.15, -0.1) is 0 Å². The van der Waals surface area contributed by atoms with Gasteiger partial charge in [0, 0.05) is 76.9 Å². The van der Waals surface area contributed by atoms with E-state index in [-0.39, 0.29) is 64.0 Å². The molecule has 0 bridgehead atoms. The molecule has 0 spiro atoms. The van der Waals surface area contributed by atoms with E-state index >= 15 is 0 Å². The summed E-state index contributed by atoms with van der Waals surface area (Å²) in [6, 6.07) is 34.7. The second-order valence-electron chi connectivity index (χ2n) is 15.9. The molecule has 4 N–H and O–H groups in total. The summed E-state index contributed by atoms with van der Waals surface area (Å²) in [5.74, 6) is 3.78. The molecule has 2 atom stereocenters. The van der Waals surface area contributed by atoms with Gasteiger partial charge in [-0.3, -0.25) is 16.2 Å². The number of likely N-dealkylation sites (tertiary alicyclic amines) is 2. The molecule has 6 heterocycles. The van der Waals surface area contributed by atoms with Crippen LogP contribution in [0.5, 0.6) is 23.0 Å². The number of amides is 2. The monoisotopic (exact) mass is 1000 g/mol. The molecule has 4 aromatic carbocycles. The smallest absolute Gasteiger partial charge is 0.246 e. The number of ether oxygens (including phenoxy) is 2. The van der Waals surface area contributed by atoms with E-state index in [0.29, 0.717) is 53.6 Å². The zero-order valence-electron chi connectivity index (χ0n) is 37.8. The van der Waals surface area contributed by atoms with Gasteiger partial charge in [-0.2, -0.15) is 10.2 Å². The second-order valence-corrected chi connectivity index (χ2v) is 15.9. The van der Waals surface area contributed by atoms with Gasteiger partial charge in [0.1, 0.15) is 58.7 Å². The van der Waals surface area contributed by atoms with Crippen molar-refractivity contribution < 1.29 is 51.8 Å². The van der Waals surface area contributed by atoms with Crippen LogP contribution < -0.4 is 20.9 Å². The summed E-state index contributed by atoms with van der Waals surface area (Å²) in [5.41, 5.74) is 17.1. The van der Waals surface area contributed by atoms with Crippen LogP contribution in [0, 0.1) is 6.58 Å². The average molecular weight is 1000 g/mol. The second kappa shape index (κ2) is 23.6. The summed E-state index contributed by atoms with van der Waals surface area (Å²) in [6.45, 7) is 14.9. The third-order valence-corrected chi connectivity index (χ3v) is 11.7. The molecule has 2 amide bonds. The molecule has 0 unspecified atom stereocenters. The Morgan fingerprint density at radius 1 is 0.623 bits per heavy atom. The van der Waals surface area contributed by atoms with Crippen LogP contribution >= 0.6 is 0 Å². The van der Waals surface area contributed by atoms with E-state index in [1.54, 1.807) is 11.8 Å². The van der Waals surface area contributed by atoms with Crippen LogP contribution in [0.4, 0.5) is 11.6 Å². The minimum absolute atomic E-state index is 0. The summed E-state index contributed by atoms with van der Waals surface area (Å²) in [5, 5.41) is 11.2. The summed E-state index contributed by atoms with van der Waals surface area (Å²) >= 11 is 0. The fraction of sp³-hybridized carbons (Fsp3) is 0.231. The van der Waals surface area contributed by atoms with Gasteiger partial charge in [0.2, 0.25) is 11.8 Å². The number of nitrogens with zero attached hydrogens (tertiary/aromatic N) is 10. The number of carbonyl (C=O) groups excluding carboxylic acids is 2. The Balaban J connectivity index is 0.000000213. The van der Waals surface area contributed by atoms with E-state index in [1.165, 1.54) is 18.7 Å². The van der Waals surface area contributed by atoms with Crippen molar-refractivity contribution in [2.45, 2.75) is 52.1 Å². The van der Waals surface area contributed by atoms with E-state index < -0.39 is 0 Å². The number of carbonyl (C=O) groups is 2. The number of hydrogen-bond acceptors (Lipinski definition) is 12. The Morgan fingerprint density at radius 2 is 1.01 bits per heavy atom. The number of aromatic nitrogens is 8. The van der Waals surface area contributed by atoms with Crippen LogP contribution in [-0.4, -0.2) is 87.3 Å². The van der Waals surface area contributed by atoms with Crippen molar-refractivity contribution in [2.24, 2.45) is 0 Å². The molecule has 1 radical (unpaired) electrons. The number of hydrogen-bond donors (Lipinski definition) is 2. The largest absolute Gasteiger partial charge is 0.521 e. The van der Waals surface area contributed by atoms with Crippen LogP contribution in [0.1, 0.15) is 52.1 Å². The molecule has 10 rings (SSSR count). The van der Waals surface area contributed by atoms with E-state index in [9.17, 15) is 9.59 Å². The number of benzene rings is 4. The Morgan fingerprint density at radius 3 is 1.42 bits per heavy atom.